The molecule has 0 N–H and O–H groups in total. The molecule has 0 spiro atoms. The number of ether oxygens (including phenoxy) is 2. The Morgan fingerprint density at radius 3 is 2.53 bits per heavy atom. The summed E-state index contributed by atoms with van der Waals surface area (Å²) in [6.45, 7) is 0. The summed E-state index contributed by atoms with van der Waals surface area (Å²) in [5.41, 5.74) is 1.31. The Labute approximate surface area is 111 Å². The molecule has 3 heteroatoms. The summed E-state index contributed by atoms with van der Waals surface area (Å²) in [7, 11) is 3.35. The number of aryl methyl sites for hydroxylation is 1. The van der Waals surface area contributed by atoms with Gasteiger partial charge in [-0.25, -0.2) is 0 Å². The summed E-state index contributed by atoms with van der Waals surface area (Å²) in [5, 5.41) is 0. The van der Waals surface area contributed by atoms with Crippen LogP contribution >= 0.6 is 15.9 Å². The van der Waals surface area contributed by atoms with Gasteiger partial charge in [-0.05, 0) is 49.3 Å². The first kappa shape index (κ1) is 12.7. The monoisotopic (exact) mass is 298 g/mol. The maximum atomic E-state index is 5.31. The van der Waals surface area contributed by atoms with Crippen molar-refractivity contribution in [3.8, 4) is 11.5 Å². The molecular formula is C14H19BrO2. The molecule has 1 aromatic carbocycles. The standard InChI is InChI=1S/C14H19BrO2/c1-16-13-8-4-10(9-14(13)17-2)3-7-12(15)11-5-6-11/h4,8-9,11-12H,3,5-7H2,1-2H3. The molecule has 1 aliphatic rings. The number of hydrogen-bond donors (Lipinski definition) is 0. The van der Waals surface area contributed by atoms with Crippen LogP contribution in [-0.4, -0.2) is 19.0 Å². The molecule has 0 bridgehead atoms. The van der Waals surface area contributed by atoms with Gasteiger partial charge in [-0.3, -0.25) is 0 Å². The first-order valence-electron chi connectivity index (χ1n) is 6.09. The molecule has 1 saturated carbocycles. The van der Waals surface area contributed by atoms with Crippen LogP contribution in [0.2, 0.25) is 0 Å². The van der Waals surface area contributed by atoms with Crippen LogP contribution in [0, 0.1) is 5.92 Å². The van der Waals surface area contributed by atoms with Crippen molar-refractivity contribution >= 4 is 15.9 Å². The fourth-order valence-corrected chi connectivity index (χ4v) is 2.79. The summed E-state index contributed by atoms with van der Waals surface area (Å²) in [5.74, 6) is 2.53. The van der Waals surface area contributed by atoms with E-state index < -0.39 is 0 Å². The van der Waals surface area contributed by atoms with Gasteiger partial charge in [0.05, 0.1) is 14.2 Å². The molecule has 0 radical (unpaired) electrons. The van der Waals surface area contributed by atoms with Crippen molar-refractivity contribution in [3.63, 3.8) is 0 Å². The van der Waals surface area contributed by atoms with Gasteiger partial charge >= 0.3 is 0 Å². The zero-order chi connectivity index (χ0) is 12.3. The van der Waals surface area contributed by atoms with Gasteiger partial charge in [-0.15, -0.1) is 0 Å². The average Bonchev–Trinajstić information content (AvgIpc) is 3.19. The molecule has 0 aliphatic heterocycles. The molecule has 17 heavy (non-hydrogen) atoms. The highest BCUT2D eigenvalue weighted by Gasteiger charge is 2.28. The lowest BCUT2D eigenvalue weighted by Crippen LogP contribution is -2.02. The summed E-state index contributed by atoms with van der Waals surface area (Å²) in [6.07, 6.45) is 5.07. The van der Waals surface area contributed by atoms with Crippen LogP contribution < -0.4 is 9.47 Å². The van der Waals surface area contributed by atoms with E-state index in [9.17, 15) is 0 Å². The normalized spacial score (nSPS) is 16.6. The molecule has 1 atom stereocenters. The third-order valence-electron chi connectivity index (χ3n) is 3.29. The molecule has 2 rings (SSSR count). The van der Waals surface area contributed by atoms with Crippen molar-refractivity contribution in [1.82, 2.24) is 0 Å². The highest BCUT2D eigenvalue weighted by atomic mass is 79.9. The fourth-order valence-electron chi connectivity index (χ4n) is 2.03. The summed E-state index contributed by atoms with van der Waals surface area (Å²) >= 11 is 3.77. The maximum absolute atomic E-state index is 5.31. The predicted molar refractivity (Wildman–Crippen MR) is 73.3 cm³/mol. The largest absolute Gasteiger partial charge is 0.493 e. The highest BCUT2D eigenvalue weighted by Crippen LogP contribution is 2.39. The first-order chi connectivity index (χ1) is 8.24. The van der Waals surface area contributed by atoms with E-state index in [-0.39, 0.29) is 0 Å². The lowest BCUT2D eigenvalue weighted by molar-refractivity contribution is 0.354. The molecule has 0 amide bonds. The van der Waals surface area contributed by atoms with Crippen LogP contribution in [0.1, 0.15) is 24.8 Å². The predicted octanol–water partition coefficient (Wildman–Crippen LogP) is 3.81. The molecule has 1 aliphatic carbocycles. The lowest BCUT2D eigenvalue weighted by atomic mass is 10.1. The van der Waals surface area contributed by atoms with Crippen LogP contribution in [0.3, 0.4) is 0 Å². The van der Waals surface area contributed by atoms with Crippen LogP contribution in [0.15, 0.2) is 18.2 Å². The van der Waals surface area contributed by atoms with E-state index in [4.69, 9.17) is 9.47 Å². The third-order valence-corrected chi connectivity index (χ3v) is 4.50. The third kappa shape index (κ3) is 3.38. The van der Waals surface area contributed by atoms with Gasteiger partial charge in [-0.2, -0.15) is 0 Å². The summed E-state index contributed by atoms with van der Waals surface area (Å²) in [4.78, 5) is 0.676. The van der Waals surface area contributed by atoms with E-state index in [1.807, 2.05) is 6.07 Å². The van der Waals surface area contributed by atoms with Gasteiger partial charge in [0.2, 0.25) is 0 Å². The van der Waals surface area contributed by atoms with Crippen LogP contribution in [0.4, 0.5) is 0 Å². The van der Waals surface area contributed by atoms with Crippen molar-refractivity contribution < 1.29 is 9.47 Å². The van der Waals surface area contributed by atoms with Crippen molar-refractivity contribution in [2.45, 2.75) is 30.5 Å². The second-order valence-corrected chi connectivity index (χ2v) is 5.76. The molecule has 1 unspecified atom stereocenters. The minimum Gasteiger partial charge on any atom is -0.493 e. The number of hydrogen-bond acceptors (Lipinski definition) is 2. The van der Waals surface area contributed by atoms with Gasteiger partial charge in [0, 0.05) is 4.83 Å². The average molecular weight is 299 g/mol. The van der Waals surface area contributed by atoms with E-state index in [0.29, 0.717) is 4.83 Å². The minimum atomic E-state index is 0.676. The van der Waals surface area contributed by atoms with Crippen LogP contribution in [-0.2, 0) is 6.42 Å². The van der Waals surface area contributed by atoms with E-state index in [1.54, 1.807) is 14.2 Å². The molecule has 0 saturated heterocycles. The van der Waals surface area contributed by atoms with Crippen molar-refractivity contribution in [1.29, 1.82) is 0 Å². The Bertz CT molecular complexity index is 374. The summed E-state index contributed by atoms with van der Waals surface area (Å²) in [6, 6.07) is 6.17. The smallest absolute Gasteiger partial charge is 0.160 e. The van der Waals surface area contributed by atoms with Gasteiger partial charge in [-0.1, -0.05) is 22.0 Å². The van der Waals surface area contributed by atoms with Crippen molar-refractivity contribution in [3.05, 3.63) is 23.8 Å². The van der Waals surface area contributed by atoms with Crippen LogP contribution in [0.5, 0.6) is 11.5 Å². The van der Waals surface area contributed by atoms with E-state index >= 15 is 0 Å². The maximum Gasteiger partial charge on any atom is 0.160 e. The Kier molecular flexibility index (Phi) is 4.32. The van der Waals surface area contributed by atoms with Gasteiger partial charge in [0.15, 0.2) is 11.5 Å². The zero-order valence-electron chi connectivity index (χ0n) is 10.4. The number of methoxy groups -OCH3 is 2. The lowest BCUT2D eigenvalue weighted by Gasteiger charge is -2.11. The second-order valence-electron chi connectivity index (χ2n) is 4.58. The van der Waals surface area contributed by atoms with Crippen molar-refractivity contribution in [2.24, 2.45) is 5.92 Å². The highest BCUT2D eigenvalue weighted by molar-refractivity contribution is 9.09. The number of rotatable bonds is 6. The summed E-state index contributed by atoms with van der Waals surface area (Å²) < 4.78 is 10.5. The Balaban J connectivity index is 1.95. The molecule has 94 valence electrons. The van der Waals surface area contributed by atoms with Crippen molar-refractivity contribution in [2.75, 3.05) is 14.2 Å². The van der Waals surface area contributed by atoms with Gasteiger partial charge in [0.1, 0.15) is 0 Å². The molecule has 1 aromatic rings. The fraction of sp³-hybridized carbons (Fsp3) is 0.571. The molecule has 0 heterocycles. The van der Waals surface area contributed by atoms with Crippen LogP contribution in [0.25, 0.3) is 0 Å². The topological polar surface area (TPSA) is 18.5 Å². The SMILES string of the molecule is COc1ccc(CCC(Br)C2CC2)cc1OC. The molecule has 1 fully saturated rings. The first-order valence-corrected chi connectivity index (χ1v) is 7.01. The van der Waals surface area contributed by atoms with E-state index in [1.165, 1.54) is 24.8 Å². The number of benzene rings is 1. The number of halogens is 1. The molecular weight excluding hydrogens is 280 g/mol. The molecule has 0 aromatic heterocycles. The number of alkyl halides is 1. The van der Waals surface area contributed by atoms with Gasteiger partial charge < -0.3 is 9.47 Å². The second kappa shape index (κ2) is 5.76. The Morgan fingerprint density at radius 1 is 1.24 bits per heavy atom. The zero-order valence-corrected chi connectivity index (χ0v) is 12.0. The minimum absolute atomic E-state index is 0.676. The van der Waals surface area contributed by atoms with E-state index in [0.717, 1.165) is 23.8 Å². The van der Waals surface area contributed by atoms with E-state index in [2.05, 4.69) is 28.1 Å². The Morgan fingerprint density at radius 2 is 1.94 bits per heavy atom. The Hall–Kier alpha value is -0.700. The molecule has 2 nitrogen and oxygen atoms in total. The quantitative estimate of drug-likeness (QED) is 0.744. The van der Waals surface area contributed by atoms with Gasteiger partial charge in [0.25, 0.3) is 0 Å².